The van der Waals surface area contributed by atoms with Crippen LogP contribution in [0.4, 0.5) is 10.3 Å². The van der Waals surface area contributed by atoms with Gasteiger partial charge >= 0.3 is 0 Å². The van der Waals surface area contributed by atoms with E-state index in [0.29, 0.717) is 29.5 Å². The maximum absolute atomic E-state index is 12.3. The third-order valence-electron chi connectivity index (χ3n) is 4.48. The van der Waals surface area contributed by atoms with Crippen LogP contribution in [0.25, 0.3) is 20.4 Å². The second-order valence-corrected chi connectivity index (χ2v) is 8.98. The molecule has 0 aliphatic rings. The van der Waals surface area contributed by atoms with E-state index in [1.54, 1.807) is 0 Å². The van der Waals surface area contributed by atoms with E-state index in [1.165, 1.54) is 22.7 Å². The predicted molar refractivity (Wildman–Crippen MR) is 120 cm³/mol. The van der Waals surface area contributed by atoms with Crippen LogP contribution < -0.4 is 10.6 Å². The fourth-order valence-corrected chi connectivity index (χ4v) is 4.76. The molecule has 0 aliphatic carbocycles. The number of carbonyl (C=O) groups is 2. The molecule has 0 saturated heterocycles. The fraction of sp³-hybridized carbons (Fsp3) is 0.238. The van der Waals surface area contributed by atoms with Gasteiger partial charge in [-0.25, -0.2) is 9.97 Å². The van der Waals surface area contributed by atoms with Gasteiger partial charge in [-0.2, -0.15) is 0 Å². The lowest BCUT2D eigenvalue weighted by Gasteiger charge is -2.10. The second kappa shape index (κ2) is 8.67. The highest BCUT2D eigenvalue weighted by molar-refractivity contribution is 7.22. The summed E-state index contributed by atoms with van der Waals surface area (Å²) < 4.78 is 2.09. The van der Waals surface area contributed by atoms with Gasteiger partial charge in [0.1, 0.15) is 0 Å². The molecule has 29 heavy (non-hydrogen) atoms. The highest BCUT2D eigenvalue weighted by atomic mass is 32.1. The lowest BCUT2D eigenvalue weighted by molar-refractivity contribution is -0.118. The summed E-state index contributed by atoms with van der Waals surface area (Å²) in [5.41, 5.74) is 1.76. The molecular weight excluding hydrogens is 404 g/mol. The van der Waals surface area contributed by atoms with Crippen LogP contribution in [0.2, 0.25) is 0 Å². The van der Waals surface area contributed by atoms with E-state index in [1.807, 2.05) is 55.5 Å². The average molecular weight is 425 g/mol. The van der Waals surface area contributed by atoms with Crippen LogP contribution in [0, 0.1) is 5.92 Å². The van der Waals surface area contributed by atoms with E-state index in [-0.39, 0.29) is 17.7 Å². The zero-order chi connectivity index (χ0) is 20.2. The summed E-state index contributed by atoms with van der Waals surface area (Å²) in [6, 6.07) is 15.6. The van der Waals surface area contributed by atoms with E-state index >= 15 is 0 Å². The molecule has 4 rings (SSSR count). The average Bonchev–Trinajstić information content (AvgIpc) is 3.28. The Kier molecular flexibility index (Phi) is 5.82. The molecule has 2 aromatic heterocycles. The smallest absolute Gasteiger partial charge is 0.226 e. The monoisotopic (exact) mass is 424 g/mol. The van der Waals surface area contributed by atoms with Crippen LogP contribution in [-0.4, -0.2) is 21.8 Å². The SMILES string of the molecule is C[C@@H](CCC(=O)Nc1nc2ccccc2s1)CC(=O)Nc1nc2ccccc2s1. The first-order valence-corrected chi connectivity index (χ1v) is 11.0. The maximum Gasteiger partial charge on any atom is 0.226 e. The van der Waals surface area contributed by atoms with Crippen LogP contribution in [0.3, 0.4) is 0 Å². The topological polar surface area (TPSA) is 84.0 Å². The summed E-state index contributed by atoms with van der Waals surface area (Å²) in [7, 11) is 0. The minimum absolute atomic E-state index is 0.0804. The van der Waals surface area contributed by atoms with Gasteiger partial charge in [0.25, 0.3) is 0 Å². The predicted octanol–water partition coefficient (Wildman–Crippen LogP) is 5.29. The Balaban J connectivity index is 1.23. The van der Waals surface area contributed by atoms with Crippen LogP contribution in [0.1, 0.15) is 26.2 Å². The fourth-order valence-electron chi connectivity index (χ4n) is 3.00. The number of hydrogen-bond donors (Lipinski definition) is 2. The molecule has 2 N–H and O–H groups in total. The second-order valence-electron chi connectivity index (χ2n) is 6.92. The molecule has 0 saturated carbocycles. The summed E-state index contributed by atoms with van der Waals surface area (Å²) in [6.07, 6.45) is 1.33. The molecule has 148 valence electrons. The van der Waals surface area contributed by atoms with E-state index in [2.05, 4.69) is 20.6 Å². The van der Waals surface area contributed by atoms with Crippen LogP contribution in [0.5, 0.6) is 0 Å². The molecule has 0 radical (unpaired) electrons. The van der Waals surface area contributed by atoms with Crippen molar-refractivity contribution in [1.29, 1.82) is 0 Å². The normalized spacial score (nSPS) is 12.2. The van der Waals surface area contributed by atoms with E-state index < -0.39 is 0 Å². The molecule has 1 atom stereocenters. The number of nitrogens with one attached hydrogen (secondary N) is 2. The quantitative estimate of drug-likeness (QED) is 0.422. The first-order valence-electron chi connectivity index (χ1n) is 9.37. The summed E-state index contributed by atoms with van der Waals surface area (Å²) >= 11 is 2.92. The number of para-hydroxylation sites is 2. The highest BCUT2D eigenvalue weighted by Gasteiger charge is 2.14. The molecule has 0 bridgehead atoms. The Morgan fingerprint density at radius 1 is 0.862 bits per heavy atom. The summed E-state index contributed by atoms with van der Waals surface area (Å²) in [5.74, 6) is -0.0730. The van der Waals surface area contributed by atoms with Crippen molar-refractivity contribution < 1.29 is 9.59 Å². The van der Waals surface area contributed by atoms with Crippen molar-refractivity contribution >= 4 is 65.2 Å². The summed E-state index contributed by atoms with van der Waals surface area (Å²) in [6.45, 7) is 1.98. The lowest BCUT2D eigenvalue weighted by atomic mass is 10.0. The van der Waals surface area contributed by atoms with Gasteiger partial charge in [0, 0.05) is 12.8 Å². The largest absolute Gasteiger partial charge is 0.302 e. The molecule has 2 amide bonds. The number of anilines is 2. The van der Waals surface area contributed by atoms with Crippen molar-refractivity contribution in [1.82, 2.24) is 9.97 Å². The third kappa shape index (κ3) is 4.96. The molecule has 2 heterocycles. The maximum atomic E-state index is 12.3. The van der Waals surface area contributed by atoms with Crippen molar-refractivity contribution in [2.45, 2.75) is 26.2 Å². The Morgan fingerprint density at radius 3 is 1.93 bits per heavy atom. The Hall–Kier alpha value is -2.84. The summed E-state index contributed by atoms with van der Waals surface area (Å²) in [4.78, 5) is 33.3. The number of fused-ring (bicyclic) bond motifs is 2. The highest BCUT2D eigenvalue weighted by Crippen LogP contribution is 2.27. The van der Waals surface area contributed by atoms with Gasteiger partial charge in [-0.3, -0.25) is 9.59 Å². The number of benzene rings is 2. The molecule has 0 unspecified atom stereocenters. The number of nitrogens with zero attached hydrogens (tertiary/aromatic N) is 2. The molecular formula is C21H20N4O2S2. The van der Waals surface area contributed by atoms with Crippen molar-refractivity contribution in [3.8, 4) is 0 Å². The van der Waals surface area contributed by atoms with Gasteiger partial charge in [0.15, 0.2) is 10.3 Å². The first kappa shape index (κ1) is 19.5. The van der Waals surface area contributed by atoms with Gasteiger partial charge in [-0.05, 0) is 36.6 Å². The van der Waals surface area contributed by atoms with Crippen molar-refractivity contribution in [3.63, 3.8) is 0 Å². The number of carbonyl (C=O) groups excluding carboxylic acids is 2. The van der Waals surface area contributed by atoms with Crippen molar-refractivity contribution in [3.05, 3.63) is 48.5 Å². The van der Waals surface area contributed by atoms with Gasteiger partial charge in [0.05, 0.1) is 20.4 Å². The van der Waals surface area contributed by atoms with E-state index in [4.69, 9.17) is 0 Å². The van der Waals surface area contributed by atoms with Crippen LogP contribution in [-0.2, 0) is 9.59 Å². The zero-order valence-electron chi connectivity index (χ0n) is 15.8. The molecule has 0 aliphatic heterocycles. The molecule has 0 fully saturated rings. The number of thiazole rings is 2. The number of aromatic nitrogens is 2. The minimum atomic E-state index is -0.0810. The Morgan fingerprint density at radius 2 is 1.38 bits per heavy atom. The standard InChI is InChI=1S/C21H20N4O2S2/c1-13(12-19(27)25-21-23-15-7-3-5-9-17(15)29-21)10-11-18(26)24-20-22-14-6-2-4-8-16(14)28-20/h2-9,13H,10-12H2,1H3,(H,22,24,26)(H,23,25,27)/t13-/m0/s1. The van der Waals surface area contributed by atoms with Crippen LogP contribution >= 0.6 is 22.7 Å². The first-order chi connectivity index (χ1) is 14.1. The lowest BCUT2D eigenvalue weighted by Crippen LogP contribution is -2.17. The molecule has 2 aromatic carbocycles. The van der Waals surface area contributed by atoms with Gasteiger partial charge < -0.3 is 10.6 Å². The number of rotatable bonds is 7. The number of amides is 2. The van der Waals surface area contributed by atoms with Crippen molar-refractivity contribution in [2.24, 2.45) is 5.92 Å². The molecule has 0 spiro atoms. The Bertz CT molecular complexity index is 1100. The van der Waals surface area contributed by atoms with Crippen molar-refractivity contribution in [2.75, 3.05) is 10.6 Å². The molecule has 8 heteroatoms. The third-order valence-corrected chi connectivity index (χ3v) is 6.38. The zero-order valence-corrected chi connectivity index (χ0v) is 17.5. The summed E-state index contributed by atoms with van der Waals surface area (Å²) in [5, 5.41) is 6.94. The van der Waals surface area contributed by atoms with Gasteiger partial charge in [0.2, 0.25) is 11.8 Å². The molecule has 4 aromatic rings. The molecule has 6 nitrogen and oxygen atoms in total. The Labute approximate surface area is 176 Å². The number of hydrogen-bond acceptors (Lipinski definition) is 6. The van der Waals surface area contributed by atoms with Gasteiger partial charge in [-0.15, -0.1) is 0 Å². The van der Waals surface area contributed by atoms with Gasteiger partial charge in [-0.1, -0.05) is 53.9 Å². The van der Waals surface area contributed by atoms with Crippen LogP contribution in [0.15, 0.2) is 48.5 Å². The van der Waals surface area contributed by atoms with E-state index in [9.17, 15) is 9.59 Å². The van der Waals surface area contributed by atoms with E-state index in [0.717, 1.165) is 20.4 Å². The minimum Gasteiger partial charge on any atom is -0.302 e.